The van der Waals surface area contributed by atoms with E-state index in [-0.39, 0.29) is 11.4 Å². The molecule has 0 saturated heterocycles. The maximum absolute atomic E-state index is 13.0. The van der Waals surface area contributed by atoms with Gasteiger partial charge < -0.3 is 9.47 Å². The number of halogens is 1. The van der Waals surface area contributed by atoms with Crippen LogP contribution in [-0.2, 0) is 15.0 Å². The van der Waals surface area contributed by atoms with E-state index in [4.69, 9.17) is 9.47 Å². The molecule has 0 atom stereocenters. The normalized spacial score (nSPS) is 12.8. The molecule has 0 N–H and O–H groups in total. The quantitative estimate of drug-likeness (QED) is 0.496. The van der Waals surface area contributed by atoms with Crippen LogP contribution >= 0.6 is 15.9 Å². The number of fused-ring (bicyclic) bond motifs is 1. The molecule has 29 heavy (non-hydrogen) atoms. The number of aromatic nitrogens is 2. The van der Waals surface area contributed by atoms with Crippen molar-refractivity contribution in [1.82, 2.24) is 9.78 Å². The van der Waals surface area contributed by atoms with Crippen molar-refractivity contribution in [3.63, 3.8) is 0 Å². The number of nitrogens with zero attached hydrogens (tertiary/aromatic N) is 3. The first-order valence-corrected chi connectivity index (χ1v) is 10.2. The fourth-order valence-electron chi connectivity index (χ4n) is 2.61. The van der Waals surface area contributed by atoms with Crippen LogP contribution in [0.4, 0.5) is 15.4 Å². The summed E-state index contributed by atoms with van der Waals surface area (Å²) in [6.07, 6.45) is -1.68. The van der Waals surface area contributed by atoms with E-state index in [2.05, 4.69) is 21.0 Å². The van der Waals surface area contributed by atoms with Gasteiger partial charge in [-0.25, -0.2) is 9.59 Å². The Bertz CT molecular complexity index is 902. The van der Waals surface area contributed by atoms with E-state index < -0.39 is 23.4 Å². The van der Waals surface area contributed by atoms with Gasteiger partial charge in [0.2, 0.25) is 0 Å². The summed E-state index contributed by atoms with van der Waals surface area (Å²) in [6.45, 7) is 16.4. The number of hydrogen-bond acceptors (Lipinski definition) is 5. The monoisotopic (exact) mass is 467 g/mol. The number of anilines is 1. The number of benzene rings is 1. The number of amides is 2. The second-order valence-electron chi connectivity index (χ2n) is 9.86. The topological polar surface area (TPSA) is 73.7 Å². The van der Waals surface area contributed by atoms with Gasteiger partial charge in [0.1, 0.15) is 11.2 Å². The summed E-state index contributed by atoms with van der Waals surface area (Å²) in [5, 5.41) is 5.25. The summed E-state index contributed by atoms with van der Waals surface area (Å²) in [5.74, 6) is 0.166. The second-order valence-corrected chi connectivity index (χ2v) is 10.8. The standard InChI is InChI=1S/C21H30BrN3O4/c1-19(2,3)25-15-11-10-13(22)12-14(15)16(23-25)24(17(26)28-20(4,5)6)18(27)29-21(7,8)9/h10-12H,1-9H3. The summed E-state index contributed by atoms with van der Waals surface area (Å²) >= 11 is 3.46. The molecule has 1 heterocycles. The second kappa shape index (κ2) is 7.63. The predicted molar refractivity (Wildman–Crippen MR) is 117 cm³/mol. The Morgan fingerprint density at radius 2 is 1.41 bits per heavy atom. The van der Waals surface area contributed by atoms with Crippen LogP contribution in [-0.4, -0.2) is 33.2 Å². The third kappa shape index (κ3) is 5.72. The molecule has 2 aromatic rings. The molecule has 8 heteroatoms. The van der Waals surface area contributed by atoms with E-state index in [1.54, 1.807) is 46.2 Å². The zero-order valence-corrected chi connectivity index (χ0v) is 20.2. The van der Waals surface area contributed by atoms with Crippen LogP contribution in [0.15, 0.2) is 22.7 Å². The van der Waals surface area contributed by atoms with Crippen molar-refractivity contribution in [1.29, 1.82) is 0 Å². The Kier molecular flexibility index (Phi) is 6.10. The fraction of sp³-hybridized carbons (Fsp3) is 0.571. The van der Waals surface area contributed by atoms with Crippen LogP contribution in [0.3, 0.4) is 0 Å². The van der Waals surface area contributed by atoms with Crippen LogP contribution in [0.2, 0.25) is 0 Å². The van der Waals surface area contributed by atoms with Crippen molar-refractivity contribution in [2.45, 2.75) is 79.1 Å². The van der Waals surface area contributed by atoms with Crippen molar-refractivity contribution in [3.05, 3.63) is 22.7 Å². The minimum Gasteiger partial charge on any atom is -0.443 e. The maximum atomic E-state index is 13.0. The van der Waals surface area contributed by atoms with Gasteiger partial charge in [0.15, 0.2) is 5.82 Å². The average Bonchev–Trinajstić information content (AvgIpc) is 2.82. The van der Waals surface area contributed by atoms with Gasteiger partial charge in [-0.05, 0) is 80.5 Å². The number of carbonyl (C=O) groups excluding carboxylic acids is 2. The van der Waals surface area contributed by atoms with Crippen molar-refractivity contribution >= 4 is 44.8 Å². The fourth-order valence-corrected chi connectivity index (χ4v) is 2.97. The van der Waals surface area contributed by atoms with Crippen molar-refractivity contribution in [3.8, 4) is 0 Å². The van der Waals surface area contributed by atoms with E-state index in [0.717, 1.165) is 14.9 Å². The summed E-state index contributed by atoms with van der Waals surface area (Å²) in [6, 6.07) is 5.60. The molecule has 0 saturated carbocycles. The van der Waals surface area contributed by atoms with Gasteiger partial charge in [-0.2, -0.15) is 10.00 Å². The number of rotatable bonds is 1. The van der Waals surface area contributed by atoms with Crippen molar-refractivity contribution < 1.29 is 19.1 Å². The molecular weight excluding hydrogens is 438 g/mol. The summed E-state index contributed by atoms with van der Waals surface area (Å²) in [7, 11) is 0. The minimum atomic E-state index is -0.841. The average molecular weight is 468 g/mol. The zero-order chi connectivity index (χ0) is 22.4. The van der Waals surface area contributed by atoms with Crippen LogP contribution in [0.25, 0.3) is 10.9 Å². The Labute approximate surface area is 180 Å². The van der Waals surface area contributed by atoms with E-state index in [9.17, 15) is 9.59 Å². The number of hydrogen-bond donors (Lipinski definition) is 0. The first-order valence-electron chi connectivity index (χ1n) is 9.44. The zero-order valence-electron chi connectivity index (χ0n) is 18.6. The SMILES string of the molecule is CC(C)(C)OC(=O)N(C(=O)OC(C)(C)C)c1nn(C(C)(C)C)c2ccc(Br)cc12. The van der Waals surface area contributed by atoms with E-state index in [0.29, 0.717) is 5.39 Å². The molecule has 0 aliphatic rings. The highest BCUT2D eigenvalue weighted by Gasteiger charge is 2.36. The highest BCUT2D eigenvalue weighted by atomic mass is 79.9. The lowest BCUT2D eigenvalue weighted by Gasteiger charge is -2.27. The van der Waals surface area contributed by atoms with Gasteiger partial charge in [0.25, 0.3) is 0 Å². The van der Waals surface area contributed by atoms with Crippen LogP contribution in [0, 0.1) is 0 Å². The maximum Gasteiger partial charge on any atom is 0.425 e. The van der Waals surface area contributed by atoms with Gasteiger partial charge in [-0.1, -0.05) is 15.9 Å². The summed E-state index contributed by atoms with van der Waals surface area (Å²) < 4.78 is 13.6. The van der Waals surface area contributed by atoms with Gasteiger partial charge in [-0.3, -0.25) is 4.68 Å². The van der Waals surface area contributed by atoms with Gasteiger partial charge in [0.05, 0.1) is 11.1 Å². The molecule has 0 fully saturated rings. The Morgan fingerprint density at radius 1 is 0.931 bits per heavy atom. The number of ether oxygens (including phenoxy) is 2. The number of imide groups is 1. The van der Waals surface area contributed by atoms with Crippen molar-refractivity contribution in [2.24, 2.45) is 0 Å². The van der Waals surface area contributed by atoms with Gasteiger partial charge in [0, 0.05) is 9.86 Å². The smallest absolute Gasteiger partial charge is 0.425 e. The van der Waals surface area contributed by atoms with Crippen LogP contribution in [0.1, 0.15) is 62.3 Å². The first kappa shape index (κ1) is 23.2. The van der Waals surface area contributed by atoms with Crippen LogP contribution in [0.5, 0.6) is 0 Å². The highest BCUT2D eigenvalue weighted by Crippen LogP contribution is 2.34. The number of carbonyl (C=O) groups is 2. The molecule has 1 aromatic heterocycles. The molecule has 0 unspecified atom stereocenters. The third-order valence-corrected chi connectivity index (χ3v) is 4.12. The van der Waals surface area contributed by atoms with Crippen LogP contribution < -0.4 is 4.90 Å². The molecule has 2 rings (SSSR count). The molecule has 0 bridgehead atoms. The molecule has 0 spiro atoms. The van der Waals surface area contributed by atoms with Gasteiger partial charge >= 0.3 is 12.2 Å². The highest BCUT2D eigenvalue weighted by molar-refractivity contribution is 9.10. The first-order chi connectivity index (χ1) is 13.0. The molecular formula is C21H30BrN3O4. The lowest BCUT2D eigenvalue weighted by Crippen LogP contribution is -2.44. The Balaban J connectivity index is 2.72. The lowest BCUT2D eigenvalue weighted by molar-refractivity contribution is 0.0429. The van der Waals surface area contributed by atoms with Gasteiger partial charge in [-0.15, -0.1) is 0 Å². The minimum absolute atomic E-state index is 0.166. The molecule has 2 amide bonds. The van der Waals surface area contributed by atoms with E-state index >= 15 is 0 Å². The molecule has 1 aromatic carbocycles. The largest absolute Gasteiger partial charge is 0.443 e. The molecule has 0 aliphatic carbocycles. The predicted octanol–water partition coefficient (Wildman–Crippen LogP) is 6.23. The summed E-state index contributed by atoms with van der Waals surface area (Å²) in [4.78, 5) is 26.9. The molecule has 160 valence electrons. The molecule has 0 radical (unpaired) electrons. The lowest BCUT2D eigenvalue weighted by atomic mass is 10.1. The Morgan fingerprint density at radius 3 is 1.83 bits per heavy atom. The van der Waals surface area contributed by atoms with E-state index in [1.807, 2.05) is 39.0 Å². The van der Waals surface area contributed by atoms with Crippen molar-refractivity contribution in [2.75, 3.05) is 4.90 Å². The Hall–Kier alpha value is -2.09. The molecule has 7 nitrogen and oxygen atoms in total. The van der Waals surface area contributed by atoms with E-state index in [1.165, 1.54) is 0 Å². The molecule has 0 aliphatic heterocycles. The third-order valence-electron chi connectivity index (χ3n) is 3.62. The summed E-state index contributed by atoms with van der Waals surface area (Å²) in [5.41, 5.74) is -1.17.